The highest BCUT2D eigenvalue weighted by Gasteiger charge is 2.39. The Morgan fingerprint density at radius 1 is 1.05 bits per heavy atom. The average Bonchev–Trinajstić information content (AvgIpc) is 2.84. The number of aryl methyl sites for hydroxylation is 1. The fourth-order valence-electron chi connectivity index (χ4n) is 4.41. The van der Waals surface area contributed by atoms with Crippen molar-refractivity contribution in [3.05, 3.63) is 34.9 Å². The van der Waals surface area contributed by atoms with Crippen molar-refractivity contribution in [3.63, 3.8) is 0 Å². The van der Waals surface area contributed by atoms with Crippen molar-refractivity contribution in [2.75, 3.05) is 18.6 Å². The molecule has 1 aromatic carbocycles. The van der Waals surface area contributed by atoms with Gasteiger partial charge in [-0.3, -0.25) is 9.59 Å². The number of carbonyl (C=O) groups excluding carboxylic acids is 3. The molecule has 0 spiro atoms. The molecule has 8 heteroatoms. The van der Waals surface area contributed by atoms with Gasteiger partial charge in [0, 0.05) is 12.6 Å². The molecule has 3 atom stereocenters. The van der Waals surface area contributed by atoms with Crippen molar-refractivity contribution >= 4 is 29.7 Å². The summed E-state index contributed by atoms with van der Waals surface area (Å²) in [6, 6.07) is 4.05. The summed E-state index contributed by atoms with van der Waals surface area (Å²) in [5, 5.41) is 5.92. The highest BCUT2D eigenvalue weighted by atomic mass is 32.2. The van der Waals surface area contributed by atoms with Gasteiger partial charge in [-0.25, -0.2) is 4.79 Å². The molecule has 39 heavy (non-hydrogen) atoms. The third-order valence-corrected chi connectivity index (χ3v) is 7.43. The van der Waals surface area contributed by atoms with Gasteiger partial charge in [0.25, 0.3) is 0 Å². The molecule has 3 amide bonds. The molecule has 2 N–H and O–H groups in total. The van der Waals surface area contributed by atoms with E-state index in [1.165, 1.54) is 0 Å². The van der Waals surface area contributed by atoms with Crippen LogP contribution in [0.5, 0.6) is 0 Å². The average molecular weight is 564 g/mol. The molecule has 222 valence electrons. The summed E-state index contributed by atoms with van der Waals surface area (Å²) < 4.78 is 5.50. The minimum atomic E-state index is -0.815. The van der Waals surface area contributed by atoms with Crippen LogP contribution in [0.2, 0.25) is 0 Å². The second-order valence-electron chi connectivity index (χ2n) is 11.9. The van der Waals surface area contributed by atoms with Crippen LogP contribution in [0.15, 0.2) is 18.2 Å². The molecule has 0 heterocycles. The molecule has 0 aliphatic heterocycles. The molecule has 0 bridgehead atoms. The molecule has 0 aliphatic rings. The first-order valence-electron chi connectivity index (χ1n) is 14.4. The Hall–Kier alpha value is -2.22. The van der Waals surface area contributed by atoms with Crippen molar-refractivity contribution < 1.29 is 19.1 Å². The van der Waals surface area contributed by atoms with E-state index < -0.39 is 23.8 Å². The fraction of sp³-hybridized carbons (Fsp3) is 0.710. The summed E-state index contributed by atoms with van der Waals surface area (Å²) in [7, 11) is 0. The van der Waals surface area contributed by atoms with Crippen molar-refractivity contribution in [1.29, 1.82) is 0 Å². The number of rotatable bonds is 15. The van der Waals surface area contributed by atoms with Gasteiger partial charge in [0.15, 0.2) is 0 Å². The van der Waals surface area contributed by atoms with E-state index in [9.17, 15) is 14.4 Å². The van der Waals surface area contributed by atoms with E-state index in [0.717, 1.165) is 42.4 Å². The van der Waals surface area contributed by atoms with Crippen LogP contribution in [0.25, 0.3) is 0 Å². The van der Waals surface area contributed by atoms with Crippen molar-refractivity contribution in [1.82, 2.24) is 15.5 Å². The molecule has 0 fully saturated rings. The first-order valence-corrected chi connectivity index (χ1v) is 15.8. The molecule has 0 saturated carbocycles. The zero-order chi connectivity index (χ0) is 29.8. The lowest BCUT2D eigenvalue weighted by atomic mass is 9.92. The van der Waals surface area contributed by atoms with E-state index in [-0.39, 0.29) is 17.9 Å². The predicted octanol–water partition coefficient (Wildman–Crippen LogP) is 6.56. The Balaban J connectivity index is 3.64. The van der Waals surface area contributed by atoms with Gasteiger partial charge in [-0.15, -0.1) is 0 Å². The number of amides is 3. The SMILES string of the molecule is CCCCNC(=O)C(c1cccc(C)c1C)N(C(=O)C(CCSC)NC(=O)OC(C)(C)C)C(C)CCC(C)C. The Kier molecular flexibility index (Phi) is 15.0. The van der Waals surface area contributed by atoms with Gasteiger partial charge in [0.1, 0.15) is 17.7 Å². The Morgan fingerprint density at radius 3 is 2.28 bits per heavy atom. The lowest BCUT2D eigenvalue weighted by molar-refractivity contribution is -0.145. The number of ether oxygens (including phenoxy) is 1. The lowest BCUT2D eigenvalue weighted by Gasteiger charge is -2.39. The normalized spacial score (nSPS) is 13.9. The Morgan fingerprint density at radius 2 is 1.72 bits per heavy atom. The van der Waals surface area contributed by atoms with E-state index in [0.29, 0.717) is 24.6 Å². The molecule has 3 unspecified atom stereocenters. The van der Waals surface area contributed by atoms with Crippen LogP contribution in [0.4, 0.5) is 4.79 Å². The van der Waals surface area contributed by atoms with Gasteiger partial charge in [-0.1, -0.05) is 45.4 Å². The summed E-state index contributed by atoms with van der Waals surface area (Å²) in [6.45, 7) is 18.4. The van der Waals surface area contributed by atoms with E-state index >= 15 is 0 Å². The zero-order valence-corrected chi connectivity index (χ0v) is 26.8. The molecule has 7 nitrogen and oxygen atoms in total. The molecule has 0 aliphatic carbocycles. The highest BCUT2D eigenvalue weighted by Crippen LogP contribution is 2.31. The van der Waals surface area contributed by atoms with Crippen LogP contribution in [0.3, 0.4) is 0 Å². The second kappa shape index (κ2) is 16.8. The van der Waals surface area contributed by atoms with Crippen molar-refractivity contribution in [3.8, 4) is 0 Å². The summed E-state index contributed by atoms with van der Waals surface area (Å²) in [6.07, 6.45) is 5.25. The van der Waals surface area contributed by atoms with Gasteiger partial charge in [0.2, 0.25) is 11.8 Å². The molecule has 1 aromatic rings. The summed E-state index contributed by atoms with van der Waals surface area (Å²) in [5.41, 5.74) is 2.17. The van der Waals surface area contributed by atoms with Crippen LogP contribution in [0.1, 0.15) is 103 Å². The van der Waals surface area contributed by atoms with Crippen molar-refractivity contribution in [2.45, 2.75) is 118 Å². The number of nitrogens with one attached hydrogen (secondary N) is 2. The molecule has 0 radical (unpaired) electrons. The second-order valence-corrected chi connectivity index (χ2v) is 12.9. The minimum Gasteiger partial charge on any atom is -0.444 e. The van der Waals surface area contributed by atoms with E-state index in [1.807, 2.05) is 45.2 Å². The largest absolute Gasteiger partial charge is 0.444 e. The number of hydrogen-bond acceptors (Lipinski definition) is 5. The van der Waals surface area contributed by atoms with E-state index in [2.05, 4.69) is 31.4 Å². The highest BCUT2D eigenvalue weighted by molar-refractivity contribution is 7.98. The number of carbonyl (C=O) groups is 3. The summed E-state index contributed by atoms with van der Waals surface area (Å²) in [4.78, 5) is 42.9. The quantitative estimate of drug-likeness (QED) is 0.236. The maximum absolute atomic E-state index is 14.4. The molecule has 0 aromatic heterocycles. The molecular formula is C31H53N3O4S. The van der Waals surface area contributed by atoms with Crippen LogP contribution >= 0.6 is 11.8 Å². The van der Waals surface area contributed by atoms with Crippen LogP contribution < -0.4 is 10.6 Å². The van der Waals surface area contributed by atoms with E-state index in [1.54, 1.807) is 37.4 Å². The van der Waals surface area contributed by atoms with Crippen LogP contribution in [-0.2, 0) is 14.3 Å². The monoisotopic (exact) mass is 563 g/mol. The first kappa shape index (κ1) is 34.8. The third kappa shape index (κ3) is 11.8. The molecule has 0 saturated heterocycles. The Labute approximate surface area is 241 Å². The molecular weight excluding hydrogens is 510 g/mol. The van der Waals surface area contributed by atoms with Gasteiger partial charge >= 0.3 is 6.09 Å². The third-order valence-electron chi connectivity index (χ3n) is 6.79. The fourth-order valence-corrected chi connectivity index (χ4v) is 4.88. The van der Waals surface area contributed by atoms with Crippen LogP contribution in [0, 0.1) is 19.8 Å². The maximum Gasteiger partial charge on any atom is 0.408 e. The number of hydrogen-bond donors (Lipinski definition) is 2. The number of benzene rings is 1. The predicted molar refractivity (Wildman–Crippen MR) is 163 cm³/mol. The first-order chi connectivity index (χ1) is 18.2. The summed E-state index contributed by atoms with van der Waals surface area (Å²) in [5.74, 6) is 0.677. The minimum absolute atomic E-state index is 0.192. The van der Waals surface area contributed by atoms with E-state index in [4.69, 9.17) is 4.74 Å². The molecule has 1 rings (SSSR count). The summed E-state index contributed by atoms with van der Waals surface area (Å²) >= 11 is 1.61. The zero-order valence-electron chi connectivity index (χ0n) is 26.0. The number of unbranched alkanes of at least 4 members (excludes halogenated alkanes) is 1. The lowest BCUT2D eigenvalue weighted by Crippen LogP contribution is -2.56. The van der Waals surface area contributed by atoms with Gasteiger partial charge < -0.3 is 20.3 Å². The van der Waals surface area contributed by atoms with Gasteiger partial charge in [0.05, 0.1) is 0 Å². The van der Waals surface area contributed by atoms with Gasteiger partial charge in [-0.2, -0.15) is 11.8 Å². The topological polar surface area (TPSA) is 87.7 Å². The van der Waals surface area contributed by atoms with Gasteiger partial charge in [-0.05, 0) is 102 Å². The maximum atomic E-state index is 14.4. The smallest absolute Gasteiger partial charge is 0.408 e. The Bertz CT molecular complexity index is 929. The number of nitrogens with zero attached hydrogens (tertiary/aromatic N) is 1. The number of alkyl carbamates (subject to hydrolysis) is 1. The number of thioether (sulfide) groups is 1. The van der Waals surface area contributed by atoms with Crippen LogP contribution in [-0.4, -0.2) is 59.0 Å². The van der Waals surface area contributed by atoms with Crippen molar-refractivity contribution in [2.24, 2.45) is 5.92 Å². The standard InChI is InChI=1S/C31H53N3O4S/c1-11-12-19-32-28(35)27(25-15-13-14-22(4)24(25)6)34(23(5)17-16-21(2)3)29(36)26(18-20-39-10)33-30(37)38-31(7,8)9/h13-15,21,23,26-27H,11-12,16-20H2,1-10H3,(H,32,35)(H,33,37).